The van der Waals surface area contributed by atoms with Gasteiger partial charge in [0.2, 0.25) is 5.91 Å². The SMILES string of the molecule is CCN(Cc1ccccc1)[C@H]1CCCC[C@H]1NC(=O)CN. The average Bonchev–Trinajstić information content (AvgIpc) is 2.54. The summed E-state index contributed by atoms with van der Waals surface area (Å²) in [4.78, 5) is 14.1. The number of likely N-dealkylation sites (N-methyl/N-ethyl adjacent to an activating group) is 1. The minimum atomic E-state index is -0.0392. The zero-order valence-electron chi connectivity index (χ0n) is 12.9. The normalized spacial score (nSPS) is 22.2. The molecule has 1 amide bonds. The number of hydrogen-bond acceptors (Lipinski definition) is 3. The lowest BCUT2D eigenvalue weighted by atomic mass is 9.88. The van der Waals surface area contributed by atoms with E-state index in [0.29, 0.717) is 6.04 Å². The Morgan fingerprint density at radius 3 is 2.67 bits per heavy atom. The van der Waals surface area contributed by atoms with E-state index in [1.54, 1.807) is 0 Å². The molecule has 0 saturated heterocycles. The van der Waals surface area contributed by atoms with Gasteiger partial charge >= 0.3 is 0 Å². The van der Waals surface area contributed by atoms with Crippen molar-refractivity contribution in [3.05, 3.63) is 35.9 Å². The van der Waals surface area contributed by atoms with Crippen molar-refractivity contribution in [3.8, 4) is 0 Å². The molecule has 3 N–H and O–H groups in total. The topological polar surface area (TPSA) is 58.4 Å². The Morgan fingerprint density at radius 2 is 2.00 bits per heavy atom. The van der Waals surface area contributed by atoms with Gasteiger partial charge in [0, 0.05) is 18.6 Å². The van der Waals surface area contributed by atoms with Gasteiger partial charge in [-0.25, -0.2) is 0 Å². The molecular weight excluding hydrogens is 262 g/mol. The van der Waals surface area contributed by atoms with E-state index in [4.69, 9.17) is 5.73 Å². The van der Waals surface area contributed by atoms with Crippen molar-refractivity contribution in [2.45, 2.75) is 51.2 Å². The molecule has 0 radical (unpaired) electrons. The van der Waals surface area contributed by atoms with Gasteiger partial charge in [-0.3, -0.25) is 9.69 Å². The molecule has 0 unspecified atom stereocenters. The van der Waals surface area contributed by atoms with Gasteiger partial charge in [-0.1, -0.05) is 50.1 Å². The monoisotopic (exact) mass is 289 g/mol. The van der Waals surface area contributed by atoms with E-state index < -0.39 is 0 Å². The van der Waals surface area contributed by atoms with Gasteiger partial charge in [0.15, 0.2) is 0 Å². The summed E-state index contributed by atoms with van der Waals surface area (Å²) < 4.78 is 0. The van der Waals surface area contributed by atoms with E-state index in [2.05, 4.69) is 41.4 Å². The first-order valence-electron chi connectivity index (χ1n) is 8.02. The molecule has 1 aromatic carbocycles. The van der Waals surface area contributed by atoms with E-state index in [-0.39, 0.29) is 18.5 Å². The summed E-state index contributed by atoms with van der Waals surface area (Å²) in [6.07, 6.45) is 4.64. The van der Waals surface area contributed by atoms with Crippen molar-refractivity contribution in [2.75, 3.05) is 13.1 Å². The summed E-state index contributed by atoms with van der Waals surface area (Å²) in [7, 11) is 0. The molecule has 4 nitrogen and oxygen atoms in total. The predicted octanol–water partition coefficient (Wildman–Crippen LogP) is 1.89. The zero-order chi connectivity index (χ0) is 15.1. The Bertz CT molecular complexity index is 435. The van der Waals surface area contributed by atoms with Gasteiger partial charge in [0.25, 0.3) is 0 Å². The lowest BCUT2D eigenvalue weighted by Gasteiger charge is -2.40. The van der Waals surface area contributed by atoms with Crippen LogP contribution in [0.1, 0.15) is 38.2 Å². The first-order valence-corrected chi connectivity index (χ1v) is 8.02. The summed E-state index contributed by atoms with van der Waals surface area (Å²) in [6, 6.07) is 11.2. The van der Waals surface area contributed by atoms with E-state index in [1.165, 1.54) is 18.4 Å². The van der Waals surface area contributed by atoms with Crippen molar-refractivity contribution in [3.63, 3.8) is 0 Å². The second kappa shape index (κ2) is 8.15. The molecule has 2 rings (SSSR count). The third-order valence-electron chi connectivity index (χ3n) is 4.36. The number of carbonyl (C=O) groups excluding carboxylic acids is 1. The highest BCUT2D eigenvalue weighted by Gasteiger charge is 2.30. The number of amides is 1. The minimum Gasteiger partial charge on any atom is -0.351 e. The number of nitrogens with zero attached hydrogens (tertiary/aromatic N) is 1. The van der Waals surface area contributed by atoms with Crippen molar-refractivity contribution >= 4 is 5.91 Å². The van der Waals surface area contributed by atoms with Gasteiger partial charge in [-0.2, -0.15) is 0 Å². The summed E-state index contributed by atoms with van der Waals surface area (Å²) >= 11 is 0. The molecule has 1 aliphatic rings. The number of hydrogen-bond donors (Lipinski definition) is 2. The van der Waals surface area contributed by atoms with Crippen molar-refractivity contribution in [1.29, 1.82) is 0 Å². The highest BCUT2D eigenvalue weighted by molar-refractivity contribution is 5.78. The molecule has 1 saturated carbocycles. The number of nitrogens with two attached hydrogens (primary N) is 1. The smallest absolute Gasteiger partial charge is 0.234 e. The maximum Gasteiger partial charge on any atom is 0.234 e. The van der Waals surface area contributed by atoms with Crippen LogP contribution in [0.25, 0.3) is 0 Å². The molecule has 0 aromatic heterocycles. The average molecular weight is 289 g/mol. The molecule has 0 heterocycles. The molecule has 0 bridgehead atoms. The number of rotatable bonds is 6. The Labute approximate surface area is 127 Å². The lowest BCUT2D eigenvalue weighted by molar-refractivity contribution is -0.121. The van der Waals surface area contributed by atoms with Crippen LogP contribution in [0, 0.1) is 0 Å². The van der Waals surface area contributed by atoms with Crippen LogP contribution in [-0.2, 0) is 11.3 Å². The Balaban J connectivity index is 2.04. The molecule has 4 heteroatoms. The third-order valence-corrected chi connectivity index (χ3v) is 4.36. The summed E-state index contributed by atoms with van der Waals surface area (Å²) in [5, 5.41) is 3.11. The fraction of sp³-hybridized carbons (Fsp3) is 0.588. The maximum atomic E-state index is 11.6. The van der Waals surface area contributed by atoms with Crippen LogP contribution in [-0.4, -0.2) is 36.0 Å². The maximum absolute atomic E-state index is 11.6. The third kappa shape index (κ3) is 4.55. The fourth-order valence-electron chi connectivity index (χ4n) is 3.26. The first-order chi connectivity index (χ1) is 10.2. The second-order valence-corrected chi connectivity index (χ2v) is 5.78. The second-order valence-electron chi connectivity index (χ2n) is 5.78. The summed E-state index contributed by atoms with van der Waals surface area (Å²) in [6.45, 7) is 4.21. The van der Waals surface area contributed by atoms with Crippen LogP contribution in [0.15, 0.2) is 30.3 Å². The van der Waals surface area contributed by atoms with Crippen LogP contribution in [0.3, 0.4) is 0 Å². The molecule has 1 aliphatic carbocycles. The lowest BCUT2D eigenvalue weighted by Crippen LogP contribution is -2.54. The molecular formula is C17H27N3O. The van der Waals surface area contributed by atoms with Crippen molar-refractivity contribution < 1.29 is 4.79 Å². The van der Waals surface area contributed by atoms with Crippen molar-refractivity contribution in [2.24, 2.45) is 5.73 Å². The first kappa shape index (κ1) is 16.0. The predicted molar refractivity (Wildman–Crippen MR) is 85.8 cm³/mol. The standard InChI is InChI=1S/C17H27N3O/c1-2-20(13-14-8-4-3-5-9-14)16-11-7-6-10-15(16)19-17(21)12-18/h3-5,8-9,15-16H,2,6-7,10-13,18H2,1H3,(H,19,21)/t15-,16+/m1/s1. The quantitative estimate of drug-likeness (QED) is 0.841. The van der Waals surface area contributed by atoms with Crippen LogP contribution in [0.4, 0.5) is 0 Å². The number of nitrogens with one attached hydrogen (secondary N) is 1. The fourth-order valence-corrected chi connectivity index (χ4v) is 3.26. The summed E-state index contributed by atoms with van der Waals surface area (Å²) in [5.74, 6) is -0.0392. The molecule has 21 heavy (non-hydrogen) atoms. The molecule has 0 spiro atoms. The molecule has 1 aromatic rings. The molecule has 0 aliphatic heterocycles. The zero-order valence-corrected chi connectivity index (χ0v) is 12.9. The molecule has 1 fully saturated rings. The van der Waals surface area contributed by atoms with Crippen LogP contribution in [0.5, 0.6) is 0 Å². The van der Waals surface area contributed by atoms with Gasteiger partial charge in [-0.05, 0) is 24.9 Å². The van der Waals surface area contributed by atoms with E-state index >= 15 is 0 Å². The van der Waals surface area contributed by atoms with Gasteiger partial charge in [-0.15, -0.1) is 0 Å². The summed E-state index contributed by atoms with van der Waals surface area (Å²) in [5.41, 5.74) is 6.77. The largest absolute Gasteiger partial charge is 0.351 e. The highest BCUT2D eigenvalue weighted by atomic mass is 16.1. The van der Waals surface area contributed by atoms with Crippen LogP contribution in [0.2, 0.25) is 0 Å². The van der Waals surface area contributed by atoms with E-state index in [1.807, 2.05) is 6.07 Å². The van der Waals surface area contributed by atoms with E-state index in [0.717, 1.165) is 25.9 Å². The van der Waals surface area contributed by atoms with Gasteiger partial charge in [0.1, 0.15) is 0 Å². The Kier molecular flexibility index (Phi) is 6.21. The molecule has 116 valence electrons. The van der Waals surface area contributed by atoms with Gasteiger partial charge in [0.05, 0.1) is 6.54 Å². The number of benzene rings is 1. The van der Waals surface area contributed by atoms with E-state index in [9.17, 15) is 4.79 Å². The van der Waals surface area contributed by atoms with Crippen LogP contribution < -0.4 is 11.1 Å². The number of carbonyl (C=O) groups is 1. The minimum absolute atomic E-state index is 0.0392. The Morgan fingerprint density at radius 1 is 1.29 bits per heavy atom. The van der Waals surface area contributed by atoms with Crippen molar-refractivity contribution in [1.82, 2.24) is 10.2 Å². The highest BCUT2D eigenvalue weighted by Crippen LogP contribution is 2.24. The van der Waals surface area contributed by atoms with Gasteiger partial charge < -0.3 is 11.1 Å². The molecule has 2 atom stereocenters. The Hall–Kier alpha value is -1.39. The van der Waals surface area contributed by atoms with Crippen LogP contribution >= 0.6 is 0 Å².